The first-order valence-electron chi connectivity index (χ1n) is 7.22. The van der Waals surface area contributed by atoms with Crippen molar-refractivity contribution in [3.05, 3.63) is 23.8 Å². The molecule has 1 N–H and O–H groups in total. The van der Waals surface area contributed by atoms with Crippen LogP contribution < -0.4 is 5.32 Å². The summed E-state index contributed by atoms with van der Waals surface area (Å²) in [5, 5.41) is 2.51. The Balaban J connectivity index is 2.56. The van der Waals surface area contributed by atoms with Crippen LogP contribution in [-0.4, -0.2) is 47.6 Å². The number of carbonyl (C=O) groups excluding carboxylic acids is 3. The molecule has 2 atom stereocenters. The second kappa shape index (κ2) is 8.82. The molecule has 23 heavy (non-hydrogen) atoms. The average Bonchev–Trinajstić information content (AvgIpc) is 2.56. The summed E-state index contributed by atoms with van der Waals surface area (Å²) in [7, 11) is 1.25. The maximum absolute atomic E-state index is 11.9. The van der Waals surface area contributed by atoms with Gasteiger partial charge in [0.2, 0.25) is 0 Å². The van der Waals surface area contributed by atoms with E-state index in [4.69, 9.17) is 4.74 Å². The standard InChI is InChI=1S/C15H21N3O5/c1-5-9(2)13(15(21)22-4)18-12(19)8-23-14(20)11-7-16-10(3)6-17-11/h6-7,9,13H,5,8H2,1-4H3,(H,18,19)/t9-,13+/m0/s1. The van der Waals surface area contributed by atoms with E-state index < -0.39 is 30.5 Å². The van der Waals surface area contributed by atoms with Gasteiger partial charge in [-0.05, 0) is 12.8 Å². The first-order valence-corrected chi connectivity index (χ1v) is 7.22. The van der Waals surface area contributed by atoms with Crippen molar-refractivity contribution in [2.75, 3.05) is 13.7 Å². The molecule has 0 saturated heterocycles. The summed E-state index contributed by atoms with van der Waals surface area (Å²) in [6.07, 6.45) is 3.37. The van der Waals surface area contributed by atoms with Crippen LogP contribution >= 0.6 is 0 Å². The Morgan fingerprint density at radius 1 is 1.26 bits per heavy atom. The van der Waals surface area contributed by atoms with Crippen LogP contribution in [0.15, 0.2) is 12.4 Å². The second-order valence-electron chi connectivity index (χ2n) is 5.07. The van der Waals surface area contributed by atoms with Gasteiger partial charge < -0.3 is 14.8 Å². The van der Waals surface area contributed by atoms with Gasteiger partial charge in [-0.1, -0.05) is 20.3 Å². The number of carbonyl (C=O) groups is 3. The minimum absolute atomic E-state index is 0.00911. The van der Waals surface area contributed by atoms with Gasteiger partial charge in [0.1, 0.15) is 6.04 Å². The lowest BCUT2D eigenvalue weighted by Gasteiger charge is -2.21. The van der Waals surface area contributed by atoms with E-state index in [0.29, 0.717) is 12.1 Å². The van der Waals surface area contributed by atoms with Gasteiger partial charge in [0.05, 0.1) is 19.0 Å². The highest BCUT2D eigenvalue weighted by atomic mass is 16.5. The Morgan fingerprint density at radius 3 is 2.48 bits per heavy atom. The van der Waals surface area contributed by atoms with Crippen molar-refractivity contribution in [3.63, 3.8) is 0 Å². The van der Waals surface area contributed by atoms with Crippen molar-refractivity contribution in [1.29, 1.82) is 0 Å². The van der Waals surface area contributed by atoms with Crippen molar-refractivity contribution < 1.29 is 23.9 Å². The highest BCUT2D eigenvalue weighted by Gasteiger charge is 2.27. The third-order valence-corrected chi connectivity index (χ3v) is 3.31. The van der Waals surface area contributed by atoms with Crippen molar-refractivity contribution >= 4 is 17.8 Å². The lowest BCUT2D eigenvalue weighted by Crippen LogP contribution is -2.47. The van der Waals surface area contributed by atoms with Crippen LogP contribution in [0, 0.1) is 12.8 Å². The quantitative estimate of drug-likeness (QED) is 0.734. The fourth-order valence-corrected chi connectivity index (χ4v) is 1.71. The highest BCUT2D eigenvalue weighted by molar-refractivity contribution is 5.90. The van der Waals surface area contributed by atoms with Gasteiger partial charge in [-0.25, -0.2) is 14.6 Å². The molecule has 1 amide bonds. The molecule has 0 aliphatic rings. The molecule has 0 unspecified atom stereocenters. The van der Waals surface area contributed by atoms with Gasteiger partial charge in [0, 0.05) is 6.20 Å². The number of nitrogens with one attached hydrogen (secondary N) is 1. The van der Waals surface area contributed by atoms with Crippen LogP contribution in [0.4, 0.5) is 0 Å². The number of hydrogen-bond donors (Lipinski definition) is 1. The minimum Gasteiger partial charge on any atom is -0.467 e. The third-order valence-electron chi connectivity index (χ3n) is 3.31. The maximum Gasteiger partial charge on any atom is 0.359 e. The molecule has 1 rings (SSSR count). The number of hydrogen-bond acceptors (Lipinski definition) is 7. The number of aromatic nitrogens is 2. The van der Waals surface area contributed by atoms with Crippen molar-refractivity contribution in [2.24, 2.45) is 5.92 Å². The molecule has 1 aromatic heterocycles. The molecule has 8 nitrogen and oxygen atoms in total. The summed E-state index contributed by atoms with van der Waals surface area (Å²) in [4.78, 5) is 43.0. The molecule has 0 aliphatic carbocycles. The van der Waals surface area contributed by atoms with E-state index in [2.05, 4.69) is 20.0 Å². The number of methoxy groups -OCH3 is 1. The van der Waals surface area contributed by atoms with Crippen LogP contribution in [-0.2, 0) is 19.1 Å². The Labute approximate surface area is 134 Å². The topological polar surface area (TPSA) is 107 Å². The molecule has 0 fully saturated rings. The largest absolute Gasteiger partial charge is 0.467 e. The summed E-state index contributed by atoms with van der Waals surface area (Å²) < 4.78 is 9.51. The minimum atomic E-state index is -0.782. The second-order valence-corrected chi connectivity index (χ2v) is 5.07. The van der Waals surface area contributed by atoms with Gasteiger partial charge in [-0.15, -0.1) is 0 Å². The first kappa shape index (κ1) is 18.5. The fourth-order valence-electron chi connectivity index (χ4n) is 1.71. The van der Waals surface area contributed by atoms with Gasteiger partial charge >= 0.3 is 11.9 Å². The van der Waals surface area contributed by atoms with E-state index in [1.807, 2.05) is 13.8 Å². The number of ether oxygens (including phenoxy) is 2. The zero-order chi connectivity index (χ0) is 17.4. The van der Waals surface area contributed by atoms with Crippen LogP contribution in [0.1, 0.15) is 36.5 Å². The zero-order valence-corrected chi connectivity index (χ0v) is 13.7. The molecule has 0 aliphatic heterocycles. The highest BCUT2D eigenvalue weighted by Crippen LogP contribution is 2.09. The number of nitrogens with zero attached hydrogens (tertiary/aromatic N) is 2. The maximum atomic E-state index is 11.9. The predicted molar refractivity (Wildman–Crippen MR) is 80.5 cm³/mol. The smallest absolute Gasteiger partial charge is 0.359 e. The van der Waals surface area contributed by atoms with Crippen molar-refractivity contribution in [3.8, 4) is 0 Å². The van der Waals surface area contributed by atoms with E-state index in [0.717, 1.165) is 0 Å². The Kier molecular flexibility index (Phi) is 7.11. The third kappa shape index (κ3) is 5.65. The summed E-state index contributed by atoms with van der Waals surface area (Å²) in [5.41, 5.74) is 0.670. The van der Waals surface area contributed by atoms with Crippen LogP contribution in [0.3, 0.4) is 0 Å². The van der Waals surface area contributed by atoms with Crippen LogP contribution in [0.5, 0.6) is 0 Å². The van der Waals surface area contributed by atoms with E-state index in [9.17, 15) is 14.4 Å². The van der Waals surface area contributed by atoms with Gasteiger partial charge in [0.15, 0.2) is 12.3 Å². The Bertz CT molecular complexity index is 559. The molecule has 0 radical (unpaired) electrons. The Hall–Kier alpha value is -2.51. The van der Waals surface area contributed by atoms with Crippen LogP contribution in [0.2, 0.25) is 0 Å². The van der Waals surface area contributed by atoms with Gasteiger partial charge in [-0.2, -0.15) is 0 Å². The molecule has 1 heterocycles. The number of rotatable bonds is 7. The van der Waals surface area contributed by atoms with Crippen LogP contribution in [0.25, 0.3) is 0 Å². The summed E-state index contributed by atoms with van der Waals surface area (Å²) in [5.74, 6) is -1.99. The summed E-state index contributed by atoms with van der Waals surface area (Å²) in [6.45, 7) is 4.92. The first-order chi connectivity index (χ1) is 10.9. The molecule has 126 valence electrons. The Morgan fingerprint density at radius 2 is 1.96 bits per heavy atom. The zero-order valence-electron chi connectivity index (χ0n) is 13.7. The van der Waals surface area contributed by atoms with Crippen molar-refractivity contribution in [2.45, 2.75) is 33.2 Å². The molecule has 0 aromatic carbocycles. The summed E-state index contributed by atoms with van der Waals surface area (Å²) in [6, 6.07) is -0.782. The lowest BCUT2D eigenvalue weighted by atomic mass is 9.99. The molecule has 0 bridgehead atoms. The van der Waals surface area contributed by atoms with E-state index >= 15 is 0 Å². The molecule has 0 saturated carbocycles. The van der Waals surface area contributed by atoms with E-state index in [-0.39, 0.29) is 11.6 Å². The normalized spacial score (nSPS) is 12.9. The number of esters is 2. The molecular formula is C15H21N3O5. The van der Waals surface area contributed by atoms with Crippen molar-refractivity contribution in [1.82, 2.24) is 15.3 Å². The fraction of sp³-hybridized carbons (Fsp3) is 0.533. The van der Waals surface area contributed by atoms with E-state index in [1.54, 1.807) is 6.92 Å². The van der Waals surface area contributed by atoms with E-state index in [1.165, 1.54) is 19.5 Å². The molecule has 1 aromatic rings. The molecule has 0 spiro atoms. The monoisotopic (exact) mass is 323 g/mol. The summed E-state index contributed by atoms with van der Waals surface area (Å²) >= 11 is 0. The predicted octanol–water partition coefficient (Wildman–Crippen LogP) is 0.646. The van der Waals surface area contributed by atoms with Gasteiger partial charge in [0.25, 0.3) is 5.91 Å². The molecular weight excluding hydrogens is 302 g/mol. The SMILES string of the molecule is CC[C@H](C)[C@@H](NC(=O)COC(=O)c1cnc(C)cn1)C(=O)OC. The number of amides is 1. The number of aryl methyl sites for hydroxylation is 1. The lowest BCUT2D eigenvalue weighted by molar-refractivity contribution is -0.147. The average molecular weight is 323 g/mol. The molecule has 8 heteroatoms. The van der Waals surface area contributed by atoms with Gasteiger partial charge in [-0.3, -0.25) is 9.78 Å².